The molecule has 0 fully saturated rings. The lowest BCUT2D eigenvalue weighted by molar-refractivity contribution is 0.305. The first-order valence-corrected chi connectivity index (χ1v) is 5.94. The van der Waals surface area contributed by atoms with Gasteiger partial charge in [0.2, 0.25) is 0 Å². The van der Waals surface area contributed by atoms with Crippen molar-refractivity contribution in [3.63, 3.8) is 0 Å². The average molecular weight is 235 g/mol. The normalized spacial score (nSPS) is 10.4. The number of nitrogens with zero attached hydrogens (tertiary/aromatic N) is 1. The van der Waals surface area contributed by atoms with E-state index in [1.807, 2.05) is 42.5 Å². The summed E-state index contributed by atoms with van der Waals surface area (Å²) in [7, 11) is 0. The number of aromatic nitrogens is 1. The van der Waals surface area contributed by atoms with Crippen LogP contribution in [-0.2, 0) is 6.61 Å². The molecule has 1 aromatic heterocycles. The molecule has 0 N–H and O–H groups in total. The maximum Gasteiger partial charge on any atom is 0.130 e. The van der Waals surface area contributed by atoms with Crippen molar-refractivity contribution >= 4 is 10.8 Å². The van der Waals surface area contributed by atoms with Crippen molar-refractivity contribution in [2.45, 2.75) is 6.61 Å². The molecular formula is C16H13NO. The van der Waals surface area contributed by atoms with Gasteiger partial charge in [0, 0.05) is 11.6 Å². The highest BCUT2D eigenvalue weighted by molar-refractivity contribution is 5.88. The molecule has 0 bridgehead atoms. The van der Waals surface area contributed by atoms with E-state index >= 15 is 0 Å². The van der Waals surface area contributed by atoms with E-state index in [9.17, 15) is 0 Å². The van der Waals surface area contributed by atoms with Crippen LogP contribution in [-0.4, -0.2) is 4.98 Å². The first kappa shape index (κ1) is 10.8. The minimum absolute atomic E-state index is 0.495. The second-order valence-electron chi connectivity index (χ2n) is 4.09. The Hall–Kier alpha value is -2.35. The molecule has 0 unspecified atom stereocenters. The molecule has 0 aliphatic carbocycles. The van der Waals surface area contributed by atoms with Gasteiger partial charge in [0.05, 0.1) is 5.69 Å². The Morgan fingerprint density at radius 3 is 2.56 bits per heavy atom. The van der Waals surface area contributed by atoms with E-state index < -0.39 is 0 Å². The van der Waals surface area contributed by atoms with Crippen LogP contribution in [0.15, 0.2) is 66.9 Å². The molecule has 3 aromatic rings. The Morgan fingerprint density at radius 1 is 0.833 bits per heavy atom. The van der Waals surface area contributed by atoms with Crippen molar-refractivity contribution in [3.05, 3.63) is 72.6 Å². The standard InChI is InChI=1S/C16H13NO/c1-2-9-15-13(6-1)7-5-10-16(15)18-12-14-8-3-4-11-17-14/h1-11H,12H2. The lowest BCUT2D eigenvalue weighted by Gasteiger charge is -2.08. The van der Waals surface area contributed by atoms with E-state index in [1.54, 1.807) is 6.20 Å². The Labute approximate surface area is 106 Å². The minimum atomic E-state index is 0.495. The van der Waals surface area contributed by atoms with Crippen molar-refractivity contribution in [1.29, 1.82) is 0 Å². The lowest BCUT2D eigenvalue weighted by atomic mass is 10.1. The van der Waals surface area contributed by atoms with Gasteiger partial charge in [-0.3, -0.25) is 4.98 Å². The first-order chi connectivity index (χ1) is 8.93. The van der Waals surface area contributed by atoms with Crippen LogP contribution in [0.5, 0.6) is 5.75 Å². The summed E-state index contributed by atoms with van der Waals surface area (Å²) in [5.74, 6) is 0.902. The summed E-state index contributed by atoms with van der Waals surface area (Å²) < 4.78 is 5.84. The molecule has 0 aliphatic rings. The van der Waals surface area contributed by atoms with E-state index in [1.165, 1.54) is 5.39 Å². The topological polar surface area (TPSA) is 22.1 Å². The molecule has 88 valence electrons. The van der Waals surface area contributed by atoms with Gasteiger partial charge in [-0.05, 0) is 23.6 Å². The van der Waals surface area contributed by atoms with Crippen LogP contribution in [0.1, 0.15) is 5.69 Å². The first-order valence-electron chi connectivity index (χ1n) is 5.94. The van der Waals surface area contributed by atoms with E-state index in [2.05, 4.69) is 23.2 Å². The minimum Gasteiger partial charge on any atom is -0.487 e. The van der Waals surface area contributed by atoms with E-state index in [-0.39, 0.29) is 0 Å². The number of hydrogen-bond acceptors (Lipinski definition) is 2. The Balaban J connectivity index is 1.87. The van der Waals surface area contributed by atoms with Crippen LogP contribution in [0.2, 0.25) is 0 Å². The maximum absolute atomic E-state index is 5.84. The van der Waals surface area contributed by atoms with E-state index in [0.29, 0.717) is 6.61 Å². The van der Waals surface area contributed by atoms with Crippen LogP contribution < -0.4 is 4.74 Å². The van der Waals surface area contributed by atoms with Crippen molar-refractivity contribution in [2.75, 3.05) is 0 Å². The van der Waals surface area contributed by atoms with Crippen molar-refractivity contribution < 1.29 is 4.74 Å². The number of rotatable bonds is 3. The predicted octanol–water partition coefficient (Wildman–Crippen LogP) is 3.81. The molecule has 0 radical (unpaired) electrons. The molecular weight excluding hydrogens is 222 g/mol. The maximum atomic E-state index is 5.84. The fourth-order valence-electron chi connectivity index (χ4n) is 1.96. The number of fused-ring (bicyclic) bond motifs is 1. The molecule has 0 amide bonds. The molecule has 3 rings (SSSR count). The summed E-state index contributed by atoms with van der Waals surface area (Å²) >= 11 is 0. The highest BCUT2D eigenvalue weighted by Crippen LogP contribution is 2.25. The quantitative estimate of drug-likeness (QED) is 0.688. The fourth-order valence-corrected chi connectivity index (χ4v) is 1.96. The van der Waals surface area contributed by atoms with Crippen LogP contribution >= 0.6 is 0 Å². The van der Waals surface area contributed by atoms with Crippen molar-refractivity contribution in [1.82, 2.24) is 4.98 Å². The lowest BCUT2D eigenvalue weighted by Crippen LogP contribution is -1.97. The van der Waals surface area contributed by atoms with E-state index in [0.717, 1.165) is 16.8 Å². The smallest absolute Gasteiger partial charge is 0.130 e. The molecule has 1 heterocycles. The van der Waals surface area contributed by atoms with E-state index in [4.69, 9.17) is 4.74 Å². The summed E-state index contributed by atoms with van der Waals surface area (Å²) in [5.41, 5.74) is 0.936. The summed E-state index contributed by atoms with van der Waals surface area (Å²) in [5, 5.41) is 2.33. The zero-order valence-electron chi connectivity index (χ0n) is 9.91. The van der Waals surface area contributed by atoms with Gasteiger partial charge in [0.1, 0.15) is 12.4 Å². The van der Waals surface area contributed by atoms with Crippen LogP contribution in [0.25, 0.3) is 10.8 Å². The second-order valence-corrected chi connectivity index (χ2v) is 4.09. The van der Waals surface area contributed by atoms with Gasteiger partial charge >= 0.3 is 0 Å². The largest absolute Gasteiger partial charge is 0.487 e. The van der Waals surface area contributed by atoms with Gasteiger partial charge in [0.15, 0.2) is 0 Å². The average Bonchev–Trinajstić information content (AvgIpc) is 2.46. The van der Waals surface area contributed by atoms with Crippen LogP contribution in [0.4, 0.5) is 0 Å². The molecule has 0 aliphatic heterocycles. The zero-order valence-corrected chi connectivity index (χ0v) is 9.91. The SMILES string of the molecule is c1ccc(COc2cccc3ccccc23)nc1. The summed E-state index contributed by atoms with van der Waals surface area (Å²) in [4.78, 5) is 4.25. The summed E-state index contributed by atoms with van der Waals surface area (Å²) in [6.45, 7) is 0.495. The number of hydrogen-bond donors (Lipinski definition) is 0. The molecule has 0 saturated carbocycles. The van der Waals surface area contributed by atoms with Crippen molar-refractivity contribution in [3.8, 4) is 5.75 Å². The van der Waals surface area contributed by atoms with Gasteiger partial charge in [0.25, 0.3) is 0 Å². The molecule has 0 spiro atoms. The Kier molecular flexibility index (Phi) is 2.92. The van der Waals surface area contributed by atoms with Gasteiger partial charge in [-0.2, -0.15) is 0 Å². The predicted molar refractivity (Wildman–Crippen MR) is 72.5 cm³/mol. The molecule has 2 aromatic carbocycles. The fraction of sp³-hybridized carbons (Fsp3) is 0.0625. The summed E-state index contributed by atoms with van der Waals surface area (Å²) in [6, 6.07) is 20.1. The van der Waals surface area contributed by atoms with Crippen molar-refractivity contribution in [2.24, 2.45) is 0 Å². The third-order valence-corrected chi connectivity index (χ3v) is 2.85. The van der Waals surface area contributed by atoms with Gasteiger partial charge in [-0.25, -0.2) is 0 Å². The number of benzene rings is 2. The highest BCUT2D eigenvalue weighted by atomic mass is 16.5. The Morgan fingerprint density at radius 2 is 1.67 bits per heavy atom. The Bertz CT molecular complexity index is 644. The number of pyridine rings is 1. The molecule has 2 nitrogen and oxygen atoms in total. The molecule has 2 heteroatoms. The van der Waals surface area contributed by atoms with Crippen LogP contribution in [0, 0.1) is 0 Å². The highest BCUT2D eigenvalue weighted by Gasteiger charge is 2.01. The molecule has 18 heavy (non-hydrogen) atoms. The van der Waals surface area contributed by atoms with Gasteiger partial charge in [-0.1, -0.05) is 42.5 Å². The van der Waals surface area contributed by atoms with Gasteiger partial charge < -0.3 is 4.74 Å². The third-order valence-electron chi connectivity index (χ3n) is 2.85. The zero-order chi connectivity index (χ0) is 12.2. The van der Waals surface area contributed by atoms with Gasteiger partial charge in [-0.15, -0.1) is 0 Å². The molecule has 0 saturated heterocycles. The molecule has 0 atom stereocenters. The second kappa shape index (κ2) is 4.88. The number of ether oxygens (including phenoxy) is 1. The summed E-state index contributed by atoms with van der Waals surface area (Å²) in [6.07, 6.45) is 1.78. The third kappa shape index (κ3) is 2.18. The monoisotopic (exact) mass is 235 g/mol. The van der Waals surface area contributed by atoms with Crippen LogP contribution in [0.3, 0.4) is 0 Å².